The fourth-order valence-electron chi connectivity index (χ4n) is 3.55. The van der Waals surface area contributed by atoms with Crippen molar-refractivity contribution in [2.24, 2.45) is 0 Å². The third kappa shape index (κ3) is 1.59. The lowest BCUT2D eigenvalue weighted by Gasteiger charge is -2.05. The van der Waals surface area contributed by atoms with Crippen LogP contribution in [0.3, 0.4) is 0 Å². The number of aromatic nitrogens is 2. The molecule has 0 bridgehead atoms. The molecule has 0 unspecified atom stereocenters. The van der Waals surface area contributed by atoms with Crippen LogP contribution in [0.25, 0.3) is 43.6 Å². The van der Waals surface area contributed by atoms with Crippen molar-refractivity contribution in [3.05, 3.63) is 60.0 Å². The predicted molar refractivity (Wildman–Crippen MR) is 93.8 cm³/mol. The lowest BCUT2D eigenvalue weighted by Crippen LogP contribution is -1.90. The monoisotopic (exact) mass is 298 g/mol. The number of hydrogen-bond acceptors (Lipinski definition) is 3. The Kier molecular flexibility index (Phi) is 2.35. The maximum atomic E-state index is 6.23. The molecule has 5 rings (SSSR count). The predicted octanol–water partition coefficient (Wildman–Crippen LogP) is 5.30. The Morgan fingerprint density at radius 3 is 2.04 bits per heavy atom. The molecule has 0 aliphatic heterocycles. The van der Waals surface area contributed by atoms with E-state index in [9.17, 15) is 0 Å². The number of benzene rings is 3. The van der Waals surface area contributed by atoms with E-state index < -0.39 is 0 Å². The highest BCUT2D eigenvalue weighted by atomic mass is 16.3. The Hall–Kier alpha value is -2.94. The Morgan fingerprint density at radius 2 is 1.30 bits per heavy atom. The summed E-state index contributed by atoms with van der Waals surface area (Å²) in [5, 5.41) is 5.82. The van der Waals surface area contributed by atoms with Crippen LogP contribution in [-0.4, -0.2) is 9.97 Å². The number of fused-ring (bicyclic) bond motifs is 8. The summed E-state index contributed by atoms with van der Waals surface area (Å²) in [5.74, 6) is 0.773. The van der Waals surface area contributed by atoms with E-state index in [0.717, 1.165) is 39.0 Å². The first-order valence-electron chi connectivity index (χ1n) is 7.71. The van der Waals surface area contributed by atoms with E-state index in [2.05, 4.69) is 52.4 Å². The van der Waals surface area contributed by atoms with Crippen molar-refractivity contribution in [3.8, 4) is 0 Å². The lowest BCUT2D eigenvalue weighted by molar-refractivity contribution is 0.664. The topological polar surface area (TPSA) is 38.9 Å². The van der Waals surface area contributed by atoms with E-state index in [4.69, 9.17) is 4.42 Å². The zero-order chi connectivity index (χ0) is 15.6. The van der Waals surface area contributed by atoms with Crippen LogP contribution >= 0.6 is 0 Å². The molecule has 5 aromatic rings. The fourth-order valence-corrected chi connectivity index (χ4v) is 3.55. The summed E-state index contributed by atoms with van der Waals surface area (Å²) in [7, 11) is 0. The fraction of sp³-hybridized carbons (Fsp3) is 0.100. The van der Waals surface area contributed by atoms with Crippen molar-refractivity contribution >= 4 is 43.6 Å². The highest BCUT2D eigenvalue weighted by molar-refractivity contribution is 6.29. The summed E-state index contributed by atoms with van der Waals surface area (Å²) < 4.78 is 6.23. The maximum Gasteiger partial charge on any atom is 0.175 e. The van der Waals surface area contributed by atoms with Gasteiger partial charge >= 0.3 is 0 Å². The van der Waals surface area contributed by atoms with E-state index in [1.54, 1.807) is 0 Å². The molecule has 2 heterocycles. The second kappa shape index (κ2) is 4.29. The number of hydrogen-bond donors (Lipinski definition) is 0. The molecule has 0 N–H and O–H groups in total. The van der Waals surface area contributed by atoms with Crippen molar-refractivity contribution < 1.29 is 4.42 Å². The molecule has 0 aliphatic rings. The third-order valence-electron chi connectivity index (χ3n) is 4.47. The highest BCUT2D eigenvalue weighted by Gasteiger charge is 2.18. The summed E-state index contributed by atoms with van der Waals surface area (Å²) in [6.45, 7) is 3.90. The van der Waals surface area contributed by atoms with E-state index in [0.29, 0.717) is 0 Å². The number of furan rings is 1. The molecule has 0 radical (unpaired) electrons. The molecule has 0 aliphatic carbocycles. The van der Waals surface area contributed by atoms with Crippen molar-refractivity contribution in [2.75, 3.05) is 0 Å². The molecular formula is C20H14N2O. The minimum Gasteiger partial charge on any atom is -0.452 e. The molecule has 2 aromatic heterocycles. The number of rotatable bonds is 0. The van der Waals surface area contributed by atoms with Gasteiger partial charge in [0.2, 0.25) is 0 Å². The summed E-state index contributed by atoms with van der Waals surface area (Å²) in [5.41, 5.74) is 3.48. The lowest BCUT2D eigenvalue weighted by atomic mass is 9.98. The van der Waals surface area contributed by atoms with Crippen LogP contribution in [0.5, 0.6) is 0 Å². The van der Waals surface area contributed by atoms with E-state index in [-0.39, 0.29) is 0 Å². The maximum absolute atomic E-state index is 6.23. The molecule has 0 saturated heterocycles. The van der Waals surface area contributed by atoms with Gasteiger partial charge in [-0.25, -0.2) is 9.97 Å². The zero-order valence-electron chi connectivity index (χ0n) is 12.9. The van der Waals surface area contributed by atoms with Gasteiger partial charge < -0.3 is 4.42 Å². The van der Waals surface area contributed by atoms with Gasteiger partial charge in [0.25, 0.3) is 0 Å². The first kappa shape index (κ1) is 12.6. The van der Waals surface area contributed by atoms with Crippen molar-refractivity contribution in [2.45, 2.75) is 13.8 Å². The summed E-state index contributed by atoms with van der Waals surface area (Å²) in [4.78, 5) is 9.13. The van der Waals surface area contributed by atoms with Gasteiger partial charge in [0.1, 0.15) is 16.9 Å². The largest absolute Gasteiger partial charge is 0.452 e. The molecule has 0 saturated carbocycles. The van der Waals surface area contributed by atoms with Gasteiger partial charge in [-0.2, -0.15) is 0 Å². The first-order chi connectivity index (χ1) is 11.2. The van der Waals surface area contributed by atoms with Gasteiger partial charge in [0, 0.05) is 5.39 Å². The smallest absolute Gasteiger partial charge is 0.175 e. The SMILES string of the molecule is Cc1nc(C)c2oc3c4ccccc4c4ccccc4c3c2n1. The van der Waals surface area contributed by atoms with Crippen molar-refractivity contribution in [1.29, 1.82) is 0 Å². The van der Waals surface area contributed by atoms with Crippen LogP contribution in [0.15, 0.2) is 52.9 Å². The molecule has 3 heteroatoms. The van der Waals surface area contributed by atoms with Gasteiger partial charge in [-0.15, -0.1) is 0 Å². The summed E-state index contributed by atoms with van der Waals surface area (Å²) >= 11 is 0. The molecule has 23 heavy (non-hydrogen) atoms. The highest BCUT2D eigenvalue weighted by Crippen LogP contribution is 2.40. The van der Waals surface area contributed by atoms with Crippen LogP contribution in [0.2, 0.25) is 0 Å². The summed E-state index contributed by atoms with van der Waals surface area (Å²) in [6, 6.07) is 16.8. The van der Waals surface area contributed by atoms with Crippen molar-refractivity contribution in [1.82, 2.24) is 9.97 Å². The Bertz CT molecular complexity index is 1230. The normalized spacial score (nSPS) is 11.9. The first-order valence-corrected chi connectivity index (χ1v) is 7.71. The Balaban J connectivity index is 2.22. The number of nitrogens with zero attached hydrogens (tertiary/aromatic N) is 2. The Morgan fingerprint density at radius 1 is 0.696 bits per heavy atom. The standard InChI is InChI=1S/C20H14N2O/c1-11-19-18(22-12(2)21-11)17-15-9-5-3-7-13(15)14-8-4-6-10-16(14)20(17)23-19/h3-10H,1-2H3. The van der Waals surface area contributed by atoms with Crippen LogP contribution in [0.4, 0.5) is 0 Å². The average Bonchev–Trinajstić information content (AvgIpc) is 2.95. The number of aryl methyl sites for hydroxylation is 2. The van der Waals surface area contributed by atoms with Crippen molar-refractivity contribution in [3.63, 3.8) is 0 Å². The second-order valence-electron chi connectivity index (χ2n) is 5.93. The van der Waals surface area contributed by atoms with Crippen LogP contribution in [0, 0.1) is 13.8 Å². The molecule has 110 valence electrons. The minimum atomic E-state index is 0.773. The van der Waals surface area contributed by atoms with E-state index >= 15 is 0 Å². The second-order valence-corrected chi connectivity index (χ2v) is 5.93. The van der Waals surface area contributed by atoms with Crippen LogP contribution in [-0.2, 0) is 0 Å². The molecule has 0 amide bonds. The van der Waals surface area contributed by atoms with Gasteiger partial charge in [-0.05, 0) is 30.0 Å². The molecule has 3 aromatic carbocycles. The summed E-state index contributed by atoms with van der Waals surface area (Å²) in [6.07, 6.45) is 0. The van der Waals surface area contributed by atoms with Gasteiger partial charge in [-0.1, -0.05) is 48.5 Å². The third-order valence-corrected chi connectivity index (χ3v) is 4.47. The minimum absolute atomic E-state index is 0.773. The van der Waals surface area contributed by atoms with Gasteiger partial charge in [0.05, 0.1) is 11.1 Å². The molecule has 0 spiro atoms. The molecule has 3 nitrogen and oxygen atoms in total. The molecule has 0 fully saturated rings. The Labute approximate surface area is 132 Å². The van der Waals surface area contributed by atoms with Gasteiger partial charge in [0.15, 0.2) is 5.58 Å². The molecular weight excluding hydrogens is 284 g/mol. The van der Waals surface area contributed by atoms with Crippen LogP contribution in [0.1, 0.15) is 11.5 Å². The zero-order valence-corrected chi connectivity index (χ0v) is 12.9. The quantitative estimate of drug-likeness (QED) is 0.364. The van der Waals surface area contributed by atoms with Gasteiger partial charge in [-0.3, -0.25) is 0 Å². The van der Waals surface area contributed by atoms with Crippen LogP contribution < -0.4 is 0 Å². The van der Waals surface area contributed by atoms with E-state index in [1.165, 1.54) is 16.2 Å². The average molecular weight is 298 g/mol. The van der Waals surface area contributed by atoms with E-state index in [1.807, 2.05) is 19.9 Å². The molecule has 0 atom stereocenters.